The Morgan fingerprint density at radius 2 is 1.45 bits per heavy atom. The highest BCUT2D eigenvalue weighted by Crippen LogP contribution is 2.30. The lowest BCUT2D eigenvalue weighted by Gasteiger charge is -2.17. The van der Waals surface area contributed by atoms with Crippen molar-refractivity contribution in [1.82, 2.24) is 0 Å². The second-order valence-electron chi connectivity index (χ2n) is 7.61. The van der Waals surface area contributed by atoms with Gasteiger partial charge in [-0.15, -0.1) is 0 Å². The predicted molar refractivity (Wildman–Crippen MR) is 110 cm³/mol. The summed E-state index contributed by atoms with van der Waals surface area (Å²) in [5.74, 6) is -1.58. The quantitative estimate of drug-likeness (QED) is 0.376. The molecule has 29 heavy (non-hydrogen) atoms. The van der Waals surface area contributed by atoms with Gasteiger partial charge in [-0.25, -0.2) is 9.59 Å². The van der Waals surface area contributed by atoms with E-state index in [0.29, 0.717) is 5.71 Å². The number of rotatable bonds is 3. The fourth-order valence-corrected chi connectivity index (χ4v) is 2.99. The molecule has 0 atom stereocenters. The summed E-state index contributed by atoms with van der Waals surface area (Å²) in [7, 11) is 1.21. The van der Waals surface area contributed by atoms with Gasteiger partial charge in [-0.3, -0.25) is 0 Å². The molecule has 2 aromatic carbocycles. The Hall–Kier alpha value is -3.54. The Kier molecular flexibility index (Phi) is 5.46. The number of hydrogen-bond acceptors (Lipinski definition) is 5. The molecule has 6 nitrogen and oxygen atoms in total. The van der Waals surface area contributed by atoms with Gasteiger partial charge >= 0.3 is 11.9 Å². The van der Waals surface area contributed by atoms with E-state index in [-0.39, 0.29) is 17.0 Å². The monoisotopic (exact) mass is 391 g/mol. The normalized spacial score (nSPS) is 15.8. The first-order valence-electron chi connectivity index (χ1n) is 9.19. The SMILES string of the molecule is COC(=O)C1=N[N+](=C(c2ccccc2)c2ccccc2)C(=O)/C1=C(\O)C(C)(C)C. The van der Waals surface area contributed by atoms with Crippen LogP contribution in [-0.4, -0.2) is 40.2 Å². The van der Waals surface area contributed by atoms with E-state index in [1.54, 1.807) is 20.8 Å². The summed E-state index contributed by atoms with van der Waals surface area (Å²) >= 11 is 0. The third kappa shape index (κ3) is 3.87. The first-order valence-corrected chi connectivity index (χ1v) is 9.19. The van der Waals surface area contributed by atoms with E-state index >= 15 is 0 Å². The fraction of sp³-hybridized carbons (Fsp3) is 0.217. The predicted octanol–water partition coefficient (Wildman–Crippen LogP) is 3.46. The van der Waals surface area contributed by atoms with Crippen LogP contribution in [0.5, 0.6) is 0 Å². The number of hydrazone groups is 1. The Labute approximate surface area is 169 Å². The highest BCUT2D eigenvalue weighted by atomic mass is 16.5. The molecule has 1 heterocycles. The third-order valence-electron chi connectivity index (χ3n) is 4.48. The van der Waals surface area contributed by atoms with Gasteiger partial charge in [0.25, 0.3) is 5.71 Å². The van der Waals surface area contributed by atoms with Crippen LogP contribution >= 0.6 is 0 Å². The summed E-state index contributed by atoms with van der Waals surface area (Å²) in [6.45, 7) is 5.25. The van der Waals surface area contributed by atoms with Crippen LogP contribution in [0, 0.1) is 5.41 Å². The van der Waals surface area contributed by atoms with Crippen LogP contribution in [0.25, 0.3) is 0 Å². The topological polar surface area (TPSA) is 79.0 Å². The molecule has 0 radical (unpaired) electrons. The summed E-state index contributed by atoms with van der Waals surface area (Å²) in [6, 6.07) is 18.6. The number of carbonyl (C=O) groups is 2. The van der Waals surface area contributed by atoms with Crippen molar-refractivity contribution in [1.29, 1.82) is 0 Å². The molecule has 0 unspecified atom stereocenters. The third-order valence-corrected chi connectivity index (χ3v) is 4.48. The van der Waals surface area contributed by atoms with Crippen molar-refractivity contribution >= 4 is 23.3 Å². The maximum atomic E-state index is 13.4. The van der Waals surface area contributed by atoms with E-state index in [9.17, 15) is 14.7 Å². The number of amides is 1. The maximum absolute atomic E-state index is 13.4. The number of aliphatic hydroxyl groups is 1. The average Bonchev–Trinajstić information content (AvgIpc) is 3.05. The molecule has 1 N–H and O–H groups in total. The van der Waals surface area contributed by atoms with Crippen molar-refractivity contribution in [3.05, 3.63) is 83.1 Å². The van der Waals surface area contributed by atoms with Crippen molar-refractivity contribution in [2.75, 3.05) is 7.11 Å². The molecule has 1 amide bonds. The molecule has 3 rings (SSSR count). The first kappa shape index (κ1) is 20.2. The molecule has 0 bridgehead atoms. The smallest absolute Gasteiger partial charge is 0.456 e. The van der Waals surface area contributed by atoms with Crippen molar-refractivity contribution in [2.45, 2.75) is 20.8 Å². The van der Waals surface area contributed by atoms with Crippen LogP contribution in [0.1, 0.15) is 31.9 Å². The van der Waals surface area contributed by atoms with E-state index in [4.69, 9.17) is 4.74 Å². The molecule has 2 aromatic rings. The highest BCUT2D eigenvalue weighted by Gasteiger charge is 2.47. The van der Waals surface area contributed by atoms with Crippen LogP contribution < -0.4 is 0 Å². The summed E-state index contributed by atoms with van der Waals surface area (Å²) in [4.78, 5) is 25.7. The Morgan fingerprint density at radius 3 is 1.86 bits per heavy atom. The lowest BCUT2D eigenvalue weighted by Crippen LogP contribution is -2.27. The van der Waals surface area contributed by atoms with E-state index in [1.807, 2.05) is 60.7 Å². The molecular weight excluding hydrogens is 368 g/mol. The zero-order valence-corrected chi connectivity index (χ0v) is 16.8. The van der Waals surface area contributed by atoms with Crippen molar-refractivity contribution in [2.24, 2.45) is 10.5 Å². The Balaban J connectivity index is 2.36. The van der Waals surface area contributed by atoms with E-state index in [1.165, 1.54) is 7.11 Å². The number of carbonyl (C=O) groups excluding carboxylic acids is 2. The molecular formula is C23H23N2O4+. The molecule has 0 aliphatic carbocycles. The van der Waals surface area contributed by atoms with Gasteiger partial charge in [0, 0.05) is 21.6 Å². The second-order valence-corrected chi connectivity index (χ2v) is 7.61. The van der Waals surface area contributed by atoms with E-state index in [2.05, 4.69) is 5.10 Å². The standard InChI is InChI=1S/C23H22N2O4/c1-23(2,3)20(26)17-18(22(28)29-4)24-25(21(17)27)19(15-11-7-5-8-12-15)16-13-9-6-10-14-16/h5-14H,1-4H3/p+1. The van der Waals surface area contributed by atoms with Crippen molar-refractivity contribution in [3.63, 3.8) is 0 Å². The number of ether oxygens (including phenoxy) is 1. The molecule has 1 aliphatic heterocycles. The van der Waals surface area contributed by atoms with Gasteiger partial charge in [0.2, 0.25) is 5.71 Å². The number of benzene rings is 2. The molecule has 0 fully saturated rings. The largest absolute Gasteiger partial charge is 0.511 e. The first-order chi connectivity index (χ1) is 13.8. The second kappa shape index (κ2) is 7.83. The van der Waals surface area contributed by atoms with Gasteiger partial charge in [0.1, 0.15) is 5.76 Å². The van der Waals surface area contributed by atoms with E-state index in [0.717, 1.165) is 15.8 Å². The van der Waals surface area contributed by atoms with Gasteiger partial charge in [-0.1, -0.05) is 57.2 Å². The zero-order chi connectivity index (χ0) is 21.2. The van der Waals surface area contributed by atoms with Crippen molar-refractivity contribution in [3.8, 4) is 0 Å². The van der Waals surface area contributed by atoms with Crippen LogP contribution in [0.3, 0.4) is 0 Å². The van der Waals surface area contributed by atoms with Crippen LogP contribution in [0.2, 0.25) is 0 Å². The minimum atomic E-state index is -0.785. The number of esters is 1. The number of allylic oxidation sites excluding steroid dienone is 1. The minimum absolute atomic E-state index is 0.145. The molecule has 0 saturated carbocycles. The summed E-state index contributed by atoms with van der Waals surface area (Å²) < 4.78 is 5.97. The van der Waals surface area contributed by atoms with Crippen LogP contribution in [0.15, 0.2) is 77.1 Å². The summed E-state index contributed by atoms with van der Waals surface area (Å²) in [6.07, 6.45) is 0. The summed E-state index contributed by atoms with van der Waals surface area (Å²) in [5, 5.41) is 15.0. The minimum Gasteiger partial charge on any atom is -0.511 e. The number of nitrogens with zero attached hydrogens (tertiary/aromatic N) is 2. The van der Waals surface area contributed by atoms with Crippen LogP contribution in [0.4, 0.5) is 0 Å². The number of methoxy groups -OCH3 is 1. The average molecular weight is 391 g/mol. The zero-order valence-electron chi connectivity index (χ0n) is 16.8. The van der Waals surface area contributed by atoms with E-state index < -0.39 is 17.3 Å². The lowest BCUT2D eigenvalue weighted by atomic mass is 9.89. The Morgan fingerprint density at radius 1 is 0.966 bits per heavy atom. The fourth-order valence-electron chi connectivity index (χ4n) is 2.99. The molecule has 0 aromatic heterocycles. The molecule has 0 saturated heterocycles. The Bertz CT molecular complexity index is 1000. The molecule has 148 valence electrons. The molecule has 6 heteroatoms. The molecule has 0 spiro atoms. The highest BCUT2D eigenvalue weighted by molar-refractivity contribution is 6.50. The summed E-state index contributed by atoms with van der Waals surface area (Å²) in [5.41, 5.74) is 0.889. The van der Waals surface area contributed by atoms with Gasteiger partial charge in [-0.05, 0) is 28.9 Å². The van der Waals surface area contributed by atoms with Gasteiger partial charge in [0.05, 0.1) is 7.11 Å². The van der Waals surface area contributed by atoms with Gasteiger partial charge in [0.15, 0.2) is 5.57 Å². The molecule has 1 aliphatic rings. The van der Waals surface area contributed by atoms with Gasteiger partial charge in [-0.2, -0.15) is 0 Å². The number of aliphatic hydroxyl groups excluding tert-OH is 1. The van der Waals surface area contributed by atoms with Gasteiger partial charge < -0.3 is 9.84 Å². The maximum Gasteiger partial charge on any atom is 0.456 e. The van der Waals surface area contributed by atoms with Crippen molar-refractivity contribution < 1.29 is 24.1 Å². The van der Waals surface area contributed by atoms with Crippen LogP contribution in [-0.2, 0) is 14.3 Å². The lowest BCUT2D eigenvalue weighted by molar-refractivity contribution is -0.443. The number of hydrogen-bond donors (Lipinski definition) is 1.